The highest BCUT2D eigenvalue weighted by atomic mass is 16.5. The van der Waals surface area contributed by atoms with Gasteiger partial charge in [0.2, 0.25) is 0 Å². The minimum atomic E-state index is -0.756. The van der Waals surface area contributed by atoms with E-state index < -0.39 is 23.8 Å². The third-order valence-corrected chi connectivity index (χ3v) is 6.91. The predicted octanol–water partition coefficient (Wildman–Crippen LogP) is 3.18. The van der Waals surface area contributed by atoms with Crippen LogP contribution in [0.3, 0.4) is 0 Å². The largest absolute Gasteiger partial charge is 0.481 e. The Balaban J connectivity index is 1.43. The van der Waals surface area contributed by atoms with E-state index in [-0.39, 0.29) is 11.8 Å². The highest BCUT2D eigenvalue weighted by molar-refractivity contribution is 5.71. The lowest BCUT2D eigenvalue weighted by molar-refractivity contribution is -0.144. The average molecular weight is 453 g/mol. The summed E-state index contributed by atoms with van der Waals surface area (Å²) in [5, 5.41) is 25.9. The molecule has 0 radical (unpaired) electrons. The Labute approximate surface area is 194 Å². The van der Waals surface area contributed by atoms with Crippen LogP contribution in [0.5, 0.6) is 11.5 Å². The molecule has 0 bridgehead atoms. The van der Waals surface area contributed by atoms with Gasteiger partial charge in [0, 0.05) is 0 Å². The van der Waals surface area contributed by atoms with Crippen LogP contribution in [0.15, 0.2) is 48.5 Å². The monoisotopic (exact) mass is 452 g/mol. The van der Waals surface area contributed by atoms with E-state index in [4.69, 9.17) is 4.74 Å². The molecule has 2 heterocycles. The van der Waals surface area contributed by atoms with Crippen LogP contribution in [-0.4, -0.2) is 48.3 Å². The molecule has 2 aliphatic rings. The zero-order valence-corrected chi connectivity index (χ0v) is 18.7. The van der Waals surface area contributed by atoms with Gasteiger partial charge in [-0.1, -0.05) is 24.3 Å². The lowest BCUT2D eigenvalue weighted by Crippen LogP contribution is -2.27. The Morgan fingerprint density at radius 2 is 1.27 bits per heavy atom. The van der Waals surface area contributed by atoms with Crippen LogP contribution in [0.2, 0.25) is 0 Å². The van der Waals surface area contributed by atoms with E-state index in [1.54, 1.807) is 0 Å². The van der Waals surface area contributed by atoms with Gasteiger partial charge in [-0.15, -0.1) is 0 Å². The second-order valence-electron chi connectivity index (χ2n) is 9.20. The number of nitrogens with one attached hydrogen (secondary N) is 2. The van der Waals surface area contributed by atoms with Gasteiger partial charge < -0.3 is 25.6 Å². The van der Waals surface area contributed by atoms with Crippen molar-refractivity contribution in [2.75, 3.05) is 26.2 Å². The maximum absolute atomic E-state index is 11.8. The lowest BCUT2D eigenvalue weighted by atomic mass is 9.86. The third kappa shape index (κ3) is 6.12. The summed E-state index contributed by atoms with van der Waals surface area (Å²) in [4.78, 5) is 23.7. The SMILES string of the molecule is O=C(O)[C@@H](Cc1cccc(Oc2cccc(C[C@H](C(=O)O)[C@H]3CCNC3)c2)c1)[C@H]1CCNC1. The molecule has 4 rings (SSSR count). The van der Waals surface area contributed by atoms with E-state index in [0.29, 0.717) is 24.3 Å². The minimum absolute atomic E-state index is 0.140. The van der Waals surface area contributed by atoms with Crippen LogP contribution >= 0.6 is 0 Å². The van der Waals surface area contributed by atoms with E-state index in [2.05, 4.69) is 10.6 Å². The van der Waals surface area contributed by atoms with Gasteiger partial charge in [-0.05, 0) is 99.1 Å². The Hall–Kier alpha value is -2.90. The number of carboxylic acids is 2. The molecule has 33 heavy (non-hydrogen) atoms. The first kappa shape index (κ1) is 23.3. The first-order chi connectivity index (χ1) is 16.0. The smallest absolute Gasteiger partial charge is 0.307 e. The molecular weight excluding hydrogens is 420 g/mol. The molecule has 7 nitrogen and oxygen atoms in total. The van der Waals surface area contributed by atoms with Crippen LogP contribution < -0.4 is 15.4 Å². The quantitative estimate of drug-likeness (QED) is 0.438. The number of rotatable bonds is 10. The summed E-state index contributed by atoms with van der Waals surface area (Å²) in [7, 11) is 0. The zero-order valence-electron chi connectivity index (χ0n) is 18.7. The summed E-state index contributed by atoms with van der Waals surface area (Å²) in [6.07, 6.45) is 2.70. The minimum Gasteiger partial charge on any atom is -0.481 e. The molecule has 2 saturated heterocycles. The molecule has 2 aliphatic heterocycles. The van der Waals surface area contributed by atoms with Crippen molar-refractivity contribution < 1.29 is 24.5 Å². The van der Waals surface area contributed by atoms with Gasteiger partial charge >= 0.3 is 11.9 Å². The van der Waals surface area contributed by atoms with E-state index >= 15 is 0 Å². The van der Waals surface area contributed by atoms with Gasteiger partial charge in [-0.25, -0.2) is 0 Å². The molecule has 4 N–H and O–H groups in total. The van der Waals surface area contributed by atoms with E-state index in [9.17, 15) is 19.8 Å². The number of hydrogen-bond donors (Lipinski definition) is 4. The van der Waals surface area contributed by atoms with Crippen molar-refractivity contribution in [3.63, 3.8) is 0 Å². The number of carboxylic acid groups (broad SMARTS) is 2. The van der Waals surface area contributed by atoms with Gasteiger partial charge in [0.1, 0.15) is 11.5 Å². The van der Waals surface area contributed by atoms with Crippen LogP contribution in [0.25, 0.3) is 0 Å². The van der Waals surface area contributed by atoms with Gasteiger partial charge in [0.25, 0.3) is 0 Å². The highest BCUT2D eigenvalue weighted by Gasteiger charge is 2.31. The molecule has 0 spiro atoms. The molecule has 0 amide bonds. The van der Waals surface area contributed by atoms with Gasteiger partial charge in [0.15, 0.2) is 0 Å². The predicted molar refractivity (Wildman–Crippen MR) is 125 cm³/mol. The van der Waals surface area contributed by atoms with Gasteiger partial charge in [-0.3, -0.25) is 9.59 Å². The fourth-order valence-electron chi connectivity index (χ4n) is 5.07. The highest BCUT2D eigenvalue weighted by Crippen LogP contribution is 2.29. The number of ether oxygens (including phenoxy) is 1. The van der Waals surface area contributed by atoms with Crippen molar-refractivity contribution >= 4 is 11.9 Å². The first-order valence-corrected chi connectivity index (χ1v) is 11.7. The topological polar surface area (TPSA) is 108 Å². The Morgan fingerprint density at radius 3 is 1.64 bits per heavy atom. The molecule has 2 aromatic rings. The van der Waals surface area contributed by atoms with E-state index in [0.717, 1.165) is 50.1 Å². The molecule has 0 unspecified atom stereocenters. The number of benzene rings is 2. The molecule has 4 atom stereocenters. The van der Waals surface area contributed by atoms with Crippen LogP contribution in [0.1, 0.15) is 24.0 Å². The molecule has 0 saturated carbocycles. The number of carbonyl (C=O) groups is 2. The molecule has 0 aromatic heterocycles. The fraction of sp³-hybridized carbons (Fsp3) is 0.462. The summed E-state index contributed by atoms with van der Waals surface area (Å²) < 4.78 is 6.08. The van der Waals surface area contributed by atoms with Crippen molar-refractivity contribution in [2.24, 2.45) is 23.7 Å². The Kier molecular flexibility index (Phi) is 7.62. The maximum atomic E-state index is 11.8. The second-order valence-corrected chi connectivity index (χ2v) is 9.20. The molecule has 7 heteroatoms. The fourth-order valence-corrected chi connectivity index (χ4v) is 5.07. The van der Waals surface area contributed by atoms with Gasteiger partial charge in [0.05, 0.1) is 11.8 Å². The van der Waals surface area contributed by atoms with Crippen molar-refractivity contribution in [2.45, 2.75) is 25.7 Å². The summed E-state index contributed by atoms with van der Waals surface area (Å²) >= 11 is 0. The van der Waals surface area contributed by atoms with Crippen LogP contribution in [0, 0.1) is 23.7 Å². The van der Waals surface area contributed by atoms with E-state index in [1.165, 1.54) is 0 Å². The zero-order chi connectivity index (χ0) is 23.2. The molecular formula is C26H32N2O5. The first-order valence-electron chi connectivity index (χ1n) is 11.7. The third-order valence-electron chi connectivity index (χ3n) is 6.91. The summed E-state index contributed by atoms with van der Waals surface area (Å²) in [5.74, 6) is -0.780. The van der Waals surface area contributed by atoms with E-state index in [1.807, 2.05) is 48.5 Å². The maximum Gasteiger partial charge on any atom is 0.307 e. The lowest BCUT2D eigenvalue weighted by Gasteiger charge is -2.19. The van der Waals surface area contributed by atoms with Crippen LogP contribution in [0.4, 0.5) is 0 Å². The molecule has 2 aromatic carbocycles. The normalized spacial score (nSPS) is 22.1. The van der Waals surface area contributed by atoms with Crippen molar-refractivity contribution in [3.05, 3.63) is 59.7 Å². The second kappa shape index (κ2) is 10.8. The average Bonchev–Trinajstić information content (AvgIpc) is 3.50. The van der Waals surface area contributed by atoms with Crippen LogP contribution in [-0.2, 0) is 22.4 Å². The molecule has 0 aliphatic carbocycles. The van der Waals surface area contributed by atoms with Gasteiger partial charge in [-0.2, -0.15) is 0 Å². The van der Waals surface area contributed by atoms with Crippen molar-refractivity contribution in [3.8, 4) is 11.5 Å². The van der Waals surface area contributed by atoms with Crippen molar-refractivity contribution in [1.29, 1.82) is 0 Å². The molecule has 2 fully saturated rings. The molecule has 176 valence electrons. The Morgan fingerprint density at radius 1 is 0.818 bits per heavy atom. The summed E-state index contributed by atoms with van der Waals surface area (Å²) in [6.45, 7) is 3.23. The number of hydrogen-bond acceptors (Lipinski definition) is 5. The van der Waals surface area contributed by atoms with Crippen molar-refractivity contribution in [1.82, 2.24) is 10.6 Å². The summed E-state index contributed by atoms with van der Waals surface area (Å²) in [6, 6.07) is 15.1. The number of aliphatic carboxylic acids is 2. The standard InChI is InChI=1S/C26H32N2O5/c29-25(30)23(19-7-9-27-15-19)13-17-3-1-5-21(11-17)33-22-6-2-4-18(12-22)14-24(26(31)32)20-8-10-28-16-20/h1-6,11-12,19-20,23-24,27-28H,7-10,13-16H2,(H,29,30)(H,31,32)/t19-,20-,23-,24-/m0/s1. The Bertz CT molecular complexity index is 889. The summed E-state index contributed by atoms with van der Waals surface area (Å²) in [5.41, 5.74) is 1.87.